The van der Waals surface area contributed by atoms with Crippen molar-refractivity contribution in [2.75, 3.05) is 7.11 Å². The highest BCUT2D eigenvalue weighted by molar-refractivity contribution is 7.71. The molecule has 0 saturated heterocycles. The Bertz CT molecular complexity index is 583. The minimum atomic E-state index is 0.411. The molecule has 1 aromatic carbocycles. The first kappa shape index (κ1) is 13.1. The van der Waals surface area contributed by atoms with Crippen molar-refractivity contribution < 1.29 is 4.74 Å². The number of imidazole rings is 1. The number of nitrogens with zero attached hydrogens (tertiary/aromatic N) is 1. The number of H-pyrrole nitrogens is 1. The van der Waals surface area contributed by atoms with Crippen LogP contribution in [0.1, 0.15) is 31.0 Å². The summed E-state index contributed by atoms with van der Waals surface area (Å²) in [6.07, 6.45) is 1.98. The standard InChI is InChI=1S/C14H18N2OS/c1-10(2)13-8-15-14(18)16(13)12-7-5-4-6-11(12)9-17-3/h4-8,10H,9H2,1-3H3,(H,15,18). The van der Waals surface area contributed by atoms with Gasteiger partial charge in [0.15, 0.2) is 4.77 Å². The van der Waals surface area contributed by atoms with Gasteiger partial charge in [-0.3, -0.25) is 4.57 Å². The normalized spacial score (nSPS) is 11.1. The Kier molecular flexibility index (Phi) is 3.99. The number of aromatic amines is 1. The summed E-state index contributed by atoms with van der Waals surface area (Å²) in [6, 6.07) is 8.18. The quantitative estimate of drug-likeness (QED) is 0.849. The summed E-state index contributed by atoms with van der Waals surface area (Å²) in [5.41, 5.74) is 3.41. The lowest BCUT2D eigenvalue weighted by Gasteiger charge is -2.14. The maximum absolute atomic E-state index is 5.38. The molecule has 0 radical (unpaired) electrons. The summed E-state index contributed by atoms with van der Waals surface area (Å²) < 4.78 is 8.07. The Hall–Kier alpha value is -1.39. The highest BCUT2D eigenvalue weighted by Gasteiger charge is 2.12. The highest BCUT2D eigenvalue weighted by Crippen LogP contribution is 2.23. The van der Waals surface area contributed by atoms with Crippen LogP contribution in [0.25, 0.3) is 5.69 Å². The molecule has 0 saturated carbocycles. The van der Waals surface area contributed by atoms with E-state index in [1.54, 1.807) is 7.11 Å². The summed E-state index contributed by atoms with van der Waals surface area (Å²) in [4.78, 5) is 3.12. The van der Waals surface area contributed by atoms with Crippen molar-refractivity contribution in [3.8, 4) is 5.69 Å². The molecule has 0 bridgehead atoms. The summed E-state index contributed by atoms with van der Waals surface area (Å²) in [7, 11) is 1.70. The van der Waals surface area contributed by atoms with Crippen LogP contribution in [-0.4, -0.2) is 16.7 Å². The number of methoxy groups -OCH3 is 1. The van der Waals surface area contributed by atoms with Gasteiger partial charge < -0.3 is 9.72 Å². The third kappa shape index (κ3) is 2.40. The molecular weight excluding hydrogens is 244 g/mol. The van der Waals surface area contributed by atoms with Gasteiger partial charge in [-0.1, -0.05) is 32.0 Å². The fourth-order valence-corrected chi connectivity index (χ4v) is 2.32. The van der Waals surface area contributed by atoms with Gasteiger partial charge in [-0.15, -0.1) is 0 Å². The fraction of sp³-hybridized carbons (Fsp3) is 0.357. The molecule has 0 spiro atoms. The van der Waals surface area contributed by atoms with E-state index in [0.29, 0.717) is 12.5 Å². The van der Waals surface area contributed by atoms with Gasteiger partial charge in [-0.05, 0) is 24.2 Å². The smallest absolute Gasteiger partial charge is 0.182 e. The predicted molar refractivity (Wildman–Crippen MR) is 75.8 cm³/mol. The second kappa shape index (κ2) is 5.50. The van der Waals surface area contributed by atoms with Crippen LogP contribution in [0.4, 0.5) is 0 Å². The molecule has 1 N–H and O–H groups in total. The van der Waals surface area contributed by atoms with Gasteiger partial charge in [0.2, 0.25) is 0 Å². The lowest BCUT2D eigenvalue weighted by atomic mass is 10.1. The molecule has 1 aromatic heterocycles. The fourth-order valence-electron chi connectivity index (χ4n) is 2.06. The lowest BCUT2D eigenvalue weighted by Crippen LogP contribution is -2.05. The minimum absolute atomic E-state index is 0.411. The van der Waals surface area contributed by atoms with E-state index >= 15 is 0 Å². The van der Waals surface area contributed by atoms with Gasteiger partial charge in [0.1, 0.15) is 0 Å². The van der Waals surface area contributed by atoms with Crippen molar-refractivity contribution in [1.29, 1.82) is 0 Å². The number of ether oxygens (including phenoxy) is 1. The Morgan fingerprint density at radius 1 is 1.33 bits per heavy atom. The van der Waals surface area contributed by atoms with Gasteiger partial charge >= 0.3 is 0 Å². The van der Waals surface area contributed by atoms with Crippen LogP contribution in [0.15, 0.2) is 30.5 Å². The minimum Gasteiger partial charge on any atom is -0.380 e. The van der Waals surface area contributed by atoms with Gasteiger partial charge in [-0.25, -0.2) is 0 Å². The molecule has 1 heterocycles. The number of benzene rings is 1. The van der Waals surface area contributed by atoms with E-state index in [0.717, 1.165) is 16.0 Å². The number of aromatic nitrogens is 2. The van der Waals surface area contributed by atoms with Crippen molar-refractivity contribution in [3.05, 3.63) is 46.5 Å². The van der Waals surface area contributed by atoms with Crippen LogP contribution in [0.3, 0.4) is 0 Å². The van der Waals surface area contributed by atoms with Crippen LogP contribution in [0.2, 0.25) is 0 Å². The molecule has 2 rings (SSSR count). The second-order valence-corrected chi connectivity index (χ2v) is 4.96. The largest absolute Gasteiger partial charge is 0.380 e. The van der Waals surface area contributed by atoms with Crippen molar-refractivity contribution >= 4 is 12.2 Å². The van der Waals surface area contributed by atoms with Gasteiger partial charge in [0.05, 0.1) is 12.3 Å². The number of para-hydroxylation sites is 1. The van der Waals surface area contributed by atoms with Crippen LogP contribution in [0, 0.1) is 4.77 Å². The zero-order valence-electron chi connectivity index (χ0n) is 10.9. The molecule has 2 aromatic rings. The van der Waals surface area contributed by atoms with E-state index in [2.05, 4.69) is 35.5 Å². The third-order valence-corrected chi connectivity index (χ3v) is 3.23. The average molecular weight is 262 g/mol. The monoisotopic (exact) mass is 262 g/mol. The maximum atomic E-state index is 5.38. The molecule has 96 valence electrons. The molecule has 0 aliphatic rings. The van der Waals surface area contributed by atoms with E-state index in [-0.39, 0.29) is 0 Å². The highest BCUT2D eigenvalue weighted by atomic mass is 32.1. The Morgan fingerprint density at radius 3 is 2.72 bits per heavy atom. The first-order valence-electron chi connectivity index (χ1n) is 6.02. The van der Waals surface area contributed by atoms with Gasteiger partial charge in [0.25, 0.3) is 0 Å². The van der Waals surface area contributed by atoms with Crippen molar-refractivity contribution in [2.45, 2.75) is 26.4 Å². The summed E-state index contributed by atoms with van der Waals surface area (Å²) >= 11 is 5.38. The molecule has 0 fully saturated rings. The molecule has 0 unspecified atom stereocenters. The Labute approximate surface area is 112 Å². The molecule has 0 amide bonds. The SMILES string of the molecule is COCc1ccccc1-n1c(C(C)C)c[nH]c1=S. The van der Waals surface area contributed by atoms with Crippen LogP contribution < -0.4 is 0 Å². The van der Waals surface area contributed by atoms with Crippen molar-refractivity contribution in [2.24, 2.45) is 0 Å². The number of hydrogen-bond acceptors (Lipinski definition) is 2. The van der Waals surface area contributed by atoms with E-state index in [1.807, 2.05) is 18.3 Å². The average Bonchev–Trinajstić information content (AvgIpc) is 2.72. The van der Waals surface area contributed by atoms with Gasteiger partial charge in [-0.2, -0.15) is 0 Å². The van der Waals surface area contributed by atoms with Gasteiger partial charge in [0, 0.05) is 24.6 Å². The molecule has 0 atom stereocenters. The molecule has 3 nitrogen and oxygen atoms in total. The molecular formula is C14H18N2OS. The van der Waals surface area contributed by atoms with E-state index < -0.39 is 0 Å². The van der Waals surface area contributed by atoms with E-state index in [1.165, 1.54) is 5.69 Å². The zero-order valence-corrected chi connectivity index (χ0v) is 11.8. The maximum Gasteiger partial charge on any atom is 0.182 e. The number of rotatable bonds is 4. The summed E-state index contributed by atoms with van der Waals surface area (Å²) in [5.74, 6) is 0.411. The predicted octanol–water partition coefficient (Wildman–Crippen LogP) is 3.80. The summed E-state index contributed by atoms with van der Waals surface area (Å²) in [6.45, 7) is 4.90. The first-order valence-corrected chi connectivity index (χ1v) is 6.43. The van der Waals surface area contributed by atoms with E-state index in [4.69, 9.17) is 17.0 Å². The molecule has 0 aliphatic heterocycles. The van der Waals surface area contributed by atoms with Crippen LogP contribution in [-0.2, 0) is 11.3 Å². The van der Waals surface area contributed by atoms with E-state index in [9.17, 15) is 0 Å². The van der Waals surface area contributed by atoms with Crippen LogP contribution >= 0.6 is 12.2 Å². The topological polar surface area (TPSA) is 29.9 Å². The van der Waals surface area contributed by atoms with Crippen LogP contribution in [0.5, 0.6) is 0 Å². The number of nitrogens with one attached hydrogen (secondary N) is 1. The van der Waals surface area contributed by atoms with Crippen molar-refractivity contribution in [1.82, 2.24) is 9.55 Å². The lowest BCUT2D eigenvalue weighted by molar-refractivity contribution is 0.184. The molecule has 4 heteroatoms. The Balaban J connectivity index is 2.61. The number of hydrogen-bond donors (Lipinski definition) is 1. The second-order valence-electron chi connectivity index (χ2n) is 4.57. The molecule has 18 heavy (non-hydrogen) atoms. The molecule has 0 aliphatic carbocycles. The third-order valence-electron chi connectivity index (χ3n) is 2.93. The zero-order chi connectivity index (χ0) is 13.1. The van der Waals surface area contributed by atoms with Crippen molar-refractivity contribution in [3.63, 3.8) is 0 Å². The first-order chi connectivity index (χ1) is 8.65. The Morgan fingerprint density at radius 2 is 2.06 bits per heavy atom. The summed E-state index contributed by atoms with van der Waals surface area (Å²) in [5, 5.41) is 0.